The Bertz CT molecular complexity index is 533. The molecule has 2 aromatic rings. The van der Waals surface area contributed by atoms with Gasteiger partial charge >= 0.3 is 0 Å². The van der Waals surface area contributed by atoms with Crippen molar-refractivity contribution in [2.24, 2.45) is 0 Å². The minimum atomic E-state index is 0.605. The van der Waals surface area contributed by atoms with Crippen LogP contribution in [0, 0.1) is 0 Å². The first-order valence-electron chi connectivity index (χ1n) is 7.27. The molecular formula is C18H23NO. The van der Waals surface area contributed by atoms with Crippen LogP contribution in [0.4, 0.5) is 5.69 Å². The summed E-state index contributed by atoms with van der Waals surface area (Å²) in [6.07, 6.45) is 1.99. The highest BCUT2D eigenvalue weighted by atomic mass is 16.5. The molecule has 0 spiro atoms. The van der Waals surface area contributed by atoms with Gasteiger partial charge in [0.2, 0.25) is 0 Å². The number of ether oxygens (including phenoxy) is 1. The molecule has 2 rings (SSSR count). The van der Waals surface area contributed by atoms with Gasteiger partial charge in [0.1, 0.15) is 5.75 Å². The zero-order valence-corrected chi connectivity index (χ0v) is 12.3. The lowest BCUT2D eigenvalue weighted by Gasteiger charge is -2.11. The number of nitrogen functional groups attached to an aromatic ring is 1. The van der Waals surface area contributed by atoms with E-state index in [9.17, 15) is 0 Å². The smallest absolute Gasteiger partial charge is 0.119 e. The number of hydrogen-bond donors (Lipinski definition) is 1. The second-order valence-corrected chi connectivity index (χ2v) is 5.18. The molecule has 106 valence electrons. The predicted octanol–water partition coefficient (Wildman–Crippen LogP) is 4.40. The van der Waals surface area contributed by atoms with E-state index >= 15 is 0 Å². The molecule has 0 saturated heterocycles. The summed E-state index contributed by atoms with van der Waals surface area (Å²) in [6.45, 7) is 5.10. The molecule has 0 aliphatic rings. The van der Waals surface area contributed by atoms with E-state index in [1.165, 1.54) is 5.56 Å². The minimum absolute atomic E-state index is 0.605. The summed E-state index contributed by atoms with van der Waals surface area (Å²) >= 11 is 0. The van der Waals surface area contributed by atoms with Gasteiger partial charge in [0, 0.05) is 12.1 Å². The second-order valence-electron chi connectivity index (χ2n) is 5.18. The highest BCUT2D eigenvalue weighted by molar-refractivity contribution is 5.46. The fraction of sp³-hybridized carbons (Fsp3) is 0.333. The van der Waals surface area contributed by atoms with E-state index < -0.39 is 0 Å². The SMILES string of the molecule is CCC(C)c1ccc(OCCc2ccccc2N)cc1. The Kier molecular flexibility index (Phi) is 5.05. The highest BCUT2D eigenvalue weighted by Crippen LogP contribution is 2.21. The van der Waals surface area contributed by atoms with E-state index in [1.807, 2.05) is 24.3 Å². The first-order valence-corrected chi connectivity index (χ1v) is 7.27. The summed E-state index contributed by atoms with van der Waals surface area (Å²) < 4.78 is 5.78. The average molecular weight is 269 g/mol. The largest absolute Gasteiger partial charge is 0.493 e. The van der Waals surface area contributed by atoms with Gasteiger partial charge in [-0.2, -0.15) is 0 Å². The van der Waals surface area contributed by atoms with Crippen LogP contribution in [-0.2, 0) is 6.42 Å². The van der Waals surface area contributed by atoms with Crippen molar-refractivity contribution in [1.82, 2.24) is 0 Å². The molecule has 2 aromatic carbocycles. The molecule has 1 unspecified atom stereocenters. The maximum atomic E-state index is 5.91. The van der Waals surface area contributed by atoms with E-state index in [0.29, 0.717) is 12.5 Å². The molecule has 0 heterocycles. The maximum absolute atomic E-state index is 5.91. The number of hydrogen-bond acceptors (Lipinski definition) is 2. The van der Waals surface area contributed by atoms with Crippen LogP contribution in [0.25, 0.3) is 0 Å². The minimum Gasteiger partial charge on any atom is -0.493 e. The lowest BCUT2D eigenvalue weighted by molar-refractivity contribution is 0.322. The maximum Gasteiger partial charge on any atom is 0.119 e. The summed E-state index contributed by atoms with van der Waals surface area (Å²) in [6, 6.07) is 16.3. The molecule has 2 heteroatoms. The van der Waals surface area contributed by atoms with Crippen molar-refractivity contribution in [2.45, 2.75) is 32.6 Å². The van der Waals surface area contributed by atoms with Gasteiger partial charge in [0.15, 0.2) is 0 Å². The Morgan fingerprint density at radius 1 is 1.05 bits per heavy atom. The number of anilines is 1. The van der Waals surface area contributed by atoms with E-state index in [2.05, 4.69) is 38.1 Å². The van der Waals surface area contributed by atoms with Crippen LogP contribution in [0.2, 0.25) is 0 Å². The molecule has 0 amide bonds. The van der Waals surface area contributed by atoms with Gasteiger partial charge in [-0.05, 0) is 41.7 Å². The number of para-hydroxylation sites is 1. The highest BCUT2D eigenvalue weighted by Gasteiger charge is 2.03. The van der Waals surface area contributed by atoms with Gasteiger partial charge in [0.05, 0.1) is 6.61 Å². The van der Waals surface area contributed by atoms with E-state index in [-0.39, 0.29) is 0 Å². The average Bonchev–Trinajstić information content (AvgIpc) is 2.49. The zero-order valence-electron chi connectivity index (χ0n) is 12.3. The molecule has 0 aliphatic heterocycles. The predicted molar refractivity (Wildman–Crippen MR) is 85.2 cm³/mol. The molecule has 0 bridgehead atoms. The third kappa shape index (κ3) is 3.77. The van der Waals surface area contributed by atoms with Crippen LogP contribution in [0.15, 0.2) is 48.5 Å². The van der Waals surface area contributed by atoms with Crippen molar-refractivity contribution in [2.75, 3.05) is 12.3 Å². The summed E-state index contributed by atoms with van der Waals surface area (Å²) in [5, 5.41) is 0. The molecule has 0 aliphatic carbocycles. The van der Waals surface area contributed by atoms with Gasteiger partial charge in [-0.25, -0.2) is 0 Å². The Labute approximate surface area is 121 Å². The lowest BCUT2D eigenvalue weighted by Crippen LogP contribution is -2.03. The molecule has 2 nitrogen and oxygen atoms in total. The van der Waals surface area contributed by atoms with Crippen molar-refractivity contribution < 1.29 is 4.74 Å². The van der Waals surface area contributed by atoms with Crippen LogP contribution in [0.3, 0.4) is 0 Å². The van der Waals surface area contributed by atoms with Crippen molar-refractivity contribution in [3.05, 3.63) is 59.7 Å². The Hall–Kier alpha value is -1.96. The van der Waals surface area contributed by atoms with Crippen molar-refractivity contribution in [3.8, 4) is 5.75 Å². The first kappa shape index (κ1) is 14.4. The van der Waals surface area contributed by atoms with E-state index in [4.69, 9.17) is 10.5 Å². The number of rotatable bonds is 6. The van der Waals surface area contributed by atoms with Gasteiger partial charge in [-0.3, -0.25) is 0 Å². The Morgan fingerprint density at radius 3 is 2.40 bits per heavy atom. The molecule has 0 fully saturated rings. The molecule has 1 atom stereocenters. The molecule has 2 N–H and O–H groups in total. The van der Waals surface area contributed by atoms with E-state index in [1.54, 1.807) is 0 Å². The number of nitrogens with two attached hydrogens (primary N) is 1. The summed E-state index contributed by atoms with van der Waals surface area (Å²) in [4.78, 5) is 0. The molecule has 0 saturated carbocycles. The van der Waals surface area contributed by atoms with Crippen LogP contribution >= 0.6 is 0 Å². The van der Waals surface area contributed by atoms with Crippen LogP contribution in [-0.4, -0.2) is 6.61 Å². The topological polar surface area (TPSA) is 35.2 Å². The van der Waals surface area contributed by atoms with Crippen molar-refractivity contribution >= 4 is 5.69 Å². The Balaban J connectivity index is 1.87. The van der Waals surface area contributed by atoms with E-state index in [0.717, 1.165) is 29.8 Å². The molecular weight excluding hydrogens is 246 g/mol. The monoisotopic (exact) mass is 269 g/mol. The molecule has 0 aromatic heterocycles. The summed E-state index contributed by atoms with van der Waals surface area (Å²) in [5.74, 6) is 1.53. The van der Waals surface area contributed by atoms with Gasteiger partial charge in [-0.1, -0.05) is 44.2 Å². The van der Waals surface area contributed by atoms with Crippen LogP contribution < -0.4 is 10.5 Å². The normalized spacial score (nSPS) is 12.1. The second kappa shape index (κ2) is 6.99. The van der Waals surface area contributed by atoms with Gasteiger partial charge < -0.3 is 10.5 Å². The van der Waals surface area contributed by atoms with Crippen molar-refractivity contribution in [1.29, 1.82) is 0 Å². The van der Waals surface area contributed by atoms with Gasteiger partial charge in [-0.15, -0.1) is 0 Å². The van der Waals surface area contributed by atoms with Crippen LogP contribution in [0.5, 0.6) is 5.75 Å². The quantitative estimate of drug-likeness (QED) is 0.789. The third-order valence-electron chi connectivity index (χ3n) is 3.76. The Morgan fingerprint density at radius 2 is 1.75 bits per heavy atom. The molecule has 20 heavy (non-hydrogen) atoms. The summed E-state index contributed by atoms with van der Waals surface area (Å²) in [7, 11) is 0. The third-order valence-corrected chi connectivity index (χ3v) is 3.76. The van der Waals surface area contributed by atoms with Crippen molar-refractivity contribution in [3.63, 3.8) is 0 Å². The first-order chi connectivity index (χ1) is 9.70. The number of benzene rings is 2. The summed E-state index contributed by atoms with van der Waals surface area (Å²) in [5.41, 5.74) is 9.26. The van der Waals surface area contributed by atoms with Gasteiger partial charge in [0.25, 0.3) is 0 Å². The fourth-order valence-electron chi connectivity index (χ4n) is 2.17. The fourth-order valence-corrected chi connectivity index (χ4v) is 2.17. The lowest BCUT2D eigenvalue weighted by atomic mass is 9.99. The zero-order chi connectivity index (χ0) is 14.4. The standard InChI is InChI=1S/C18H23NO/c1-3-14(2)15-8-10-17(11-9-15)20-13-12-16-6-4-5-7-18(16)19/h4-11,14H,3,12-13,19H2,1-2H3. The van der Waals surface area contributed by atoms with Crippen LogP contribution in [0.1, 0.15) is 37.3 Å². The molecule has 0 radical (unpaired) electrons.